The van der Waals surface area contributed by atoms with Crippen LogP contribution >= 0.6 is 0 Å². The Labute approximate surface area is 139 Å². The number of hydrogen-bond acceptors (Lipinski definition) is 5. The average Bonchev–Trinajstić information content (AvgIpc) is 3.02. The molecule has 1 aromatic carbocycles. The van der Waals surface area contributed by atoms with Gasteiger partial charge in [-0.2, -0.15) is 0 Å². The first-order valence-electron chi connectivity index (χ1n) is 7.66. The number of imidazole rings is 1. The van der Waals surface area contributed by atoms with Gasteiger partial charge in [0, 0.05) is 24.5 Å². The van der Waals surface area contributed by atoms with Crippen LogP contribution < -0.4 is 15.8 Å². The number of amides is 1. The summed E-state index contributed by atoms with van der Waals surface area (Å²) in [5, 5.41) is 2.90. The van der Waals surface area contributed by atoms with E-state index in [0.717, 1.165) is 16.9 Å². The molecule has 0 bridgehead atoms. The molecular formula is C17H19N5O2. The third kappa shape index (κ3) is 3.36. The van der Waals surface area contributed by atoms with Crippen LogP contribution in [0.1, 0.15) is 21.6 Å². The van der Waals surface area contributed by atoms with E-state index in [4.69, 9.17) is 10.5 Å². The predicted octanol–water partition coefficient (Wildman–Crippen LogP) is 1.31. The molecule has 0 radical (unpaired) electrons. The van der Waals surface area contributed by atoms with Crippen molar-refractivity contribution in [3.05, 3.63) is 59.8 Å². The minimum absolute atomic E-state index is 0.170. The number of nitrogens with two attached hydrogens (primary N) is 1. The van der Waals surface area contributed by atoms with E-state index in [0.29, 0.717) is 31.0 Å². The van der Waals surface area contributed by atoms with Crippen LogP contribution in [-0.4, -0.2) is 33.4 Å². The molecule has 2 aromatic heterocycles. The summed E-state index contributed by atoms with van der Waals surface area (Å²) in [7, 11) is 0. The second kappa shape index (κ2) is 7.10. The summed E-state index contributed by atoms with van der Waals surface area (Å²) in [5.41, 5.74) is 8.59. The Kier molecular flexibility index (Phi) is 4.72. The van der Waals surface area contributed by atoms with Crippen molar-refractivity contribution in [2.24, 2.45) is 5.73 Å². The number of ether oxygens (including phenoxy) is 1. The van der Waals surface area contributed by atoms with Crippen LogP contribution in [0.3, 0.4) is 0 Å². The predicted molar refractivity (Wildman–Crippen MR) is 89.9 cm³/mol. The van der Waals surface area contributed by atoms with E-state index < -0.39 is 0 Å². The maximum absolute atomic E-state index is 12.4. The maximum atomic E-state index is 12.4. The number of rotatable bonds is 6. The second-order valence-electron chi connectivity index (χ2n) is 5.35. The third-order valence-corrected chi connectivity index (χ3v) is 3.65. The largest absolute Gasteiger partial charge is 0.492 e. The van der Waals surface area contributed by atoms with E-state index in [1.54, 1.807) is 30.7 Å². The molecule has 0 fully saturated rings. The van der Waals surface area contributed by atoms with Crippen molar-refractivity contribution >= 4 is 11.6 Å². The van der Waals surface area contributed by atoms with Crippen LogP contribution in [0.2, 0.25) is 0 Å². The van der Waals surface area contributed by atoms with Crippen LogP contribution in [0.15, 0.2) is 43.0 Å². The Bertz CT molecular complexity index is 859. The van der Waals surface area contributed by atoms with Crippen LogP contribution in [0.5, 0.6) is 5.75 Å². The third-order valence-electron chi connectivity index (χ3n) is 3.65. The molecule has 0 spiro atoms. The fraction of sp³-hybridized carbons (Fsp3) is 0.235. The summed E-state index contributed by atoms with van der Waals surface area (Å²) >= 11 is 0. The maximum Gasteiger partial charge on any atom is 0.251 e. The molecule has 0 aliphatic heterocycles. The smallest absolute Gasteiger partial charge is 0.251 e. The molecule has 0 saturated heterocycles. The van der Waals surface area contributed by atoms with Gasteiger partial charge in [0.1, 0.15) is 12.4 Å². The van der Waals surface area contributed by atoms with Crippen molar-refractivity contribution < 1.29 is 9.53 Å². The molecule has 3 aromatic rings. The van der Waals surface area contributed by atoms with E-state index in [1.165, 1.54) is 0 Å². The molecular weight excluding hydrogens is 306 g/mol. The minimum Gasteiger partial charge on any atom is -0.492 e. The van der Waals surface area contributed by atoms with Crippen molar-refractivity contribution in [1.82, 2.24) is 19.7 Å². The number of carbonyl (C=O) groups is 1. The Morgan fingerprint density at radius 2 is 2.25 bits per heavy atom. The van der Waals surface area contributed by atoms with Gasteiger partial charge in [0.15, 0.2) is 5.65 Å². The van der Waals surface area contributed by atoms with Crippen molar-refractivity contribution in [3.63, 3.8) is 0 Å². The van der Waals surface area contributed by atoms with Gasteiger partial charge in [-0.3, -0.25) is 14.2 Å². The van der Waals surface area contributed by atoms with Gasteiger partial charge in [0.2, 0.25) is 0 Å². The molecule has 0 unspecified atom stereocenters. The van der Waals surface area contributed by atoms with Crippen LogP contribution in [0.25, 0.3) is 5.65 Å². The van der Waals surface area contributed by atoms with Gasteiger partial charge in [-0.15, -0.1) is 0 Å². The monoisotopic (exact) mass is 325 g/mol. The Balaban J connectivity index is 1.71. The lowest BCUT2D eigenvalue weighted by Gasteiger charge is -2.10. The van der Waals surface area contributed by atoms with Crippen LogP contribution in [-0.2, 0) is 6.54 Å². The molecule has 3 N–H and O–H groups in total. The molecule has 7 heteroatoms. The van der Waals surface area contributed by atoms with Gasteiger partial charge in [-0.05, 0) is 24.6 Å². The summed E-state index contributed by atoms with van der Waals surface area (Å²) in [6, 6.07) is 5.37. The molecule has 3 rings (SSSR count). The highest BCUT2D eigenvalue weighted by molar-refractivity contribution is 5.94. The number of aromatic nitrogens is 3. The average molecular weight is 325 g/mol. The Morgan fingerprint density at radius 3 is 3.08 bits per heavy atom. The van der Waals surface area contributed by atoms with Crippen molar-refractivity contribution in [1.29, 1.82) is 0 Å². The normalized spacial score (nSPS) is 10.8. The summed E-state index contributed by atoms with van der Waals surface area (Å²) in [6.45, 7) is 3.15. The lowest BCUT2D eigenvalue weighted by molar-refractivity contribution is 0.0950. The SMILES string of the molecule is Cc1ccc(C(=O)NCc2cnc3cnccn23)cc1OCCN. The van der Waals surface area contributed by atoms with Crippen molar-refractivity contribution in [2.75, 3.05) is 13.2 Å². The number of fused-ring (bicyclic) bond motifs is 1. The van der Waals surface area contributed by atoms with E-state index >= 15 is 0 Å². The number of aryl methyl sites for hydroxylation is 1. The lowest BCUT2D eigenvalue weighted by atomic mass is 10.1. The molecule has 7 nitrogen and oxygen atoms in total. The number of nitrogens with one attached hydrogen (secondary N) is 1. The molecule has 0 aliphatic carbocycles. The standard InChI is InChI=1S/C17H19N5O2/c1-12-2-3-13(8-15(12)24-7-4-18)17(23)21-10-14-9-20-16-11-19-5-6-22(14)16/h2-3,5-6,8-9,11H,4,7,10,18H2,1H3,(H,21,23). The van der Waals surface area contributed by atoms with Crippen LogP contribution in [0, 0.1) is 6.92 Å². The Hall–Kier alpha value is -2.93. The van der Waals surface area contributed by atoms with Gasteiger partial charge in [0.25, 0.3) is 5.91 Å². The van der Waals surface area contributed by atoms with Gasteiger partial charge in [-0.1, -0.05) is 6.07 Å². The highest BCUT2D eigenvalue weighted by Gasteiger charge is 2.10. The fourth-order valence-electron chi connectivity index (χ4n) is 2.36. The molecule has 1 amide bonds. The lowest BCUT2D eigenvalue weighted by Crippen LogP contribution is -2.23. The molecule has 24 heavy (non-hydrogen) atoms. The molecule has 0 saturated carbocycles. The first-order valence-corrected chi connectivity index (χ1v) is 7.66. The minimum atomic E-state index is -0.170. The number of benzene rings is 1. The molecule has 124 valence electrons. The fourth-order valence-corrected chi connectivity index (χ4v) is 2.36. The quantitative estimate of drug-likeness (QED) is 0.712. The topological polar surface area (TPSA) is 94.5 Å². The van der Waals surface area contributed by atoms with Crippen LogP contribution in [0.4, 0.5) is 0 Å². The zero-order valence-corrected chi connectivity index (χ0v) is 13.4. The van der Waals surface area contributed by atoms with Gasteiger partial charge in [-0.25, -0.2) is 4.98 Å². The van der Waals surface area contributed by atoms with E-state index in [9.17, 15) is 4.79 Å². The molecule has 0 aliphatic rings. The zero-order valence-electron chi connectivity index (χ0n) is 13.4. The highest BCUT2D eigenvalue weighted by Crippen LogP contribution is 2.19. The highest BCUT2D eigenvalue weighted by atomic mass is 16.5. The van der Waals surface area contributed by atoms with E-state index in [2.05, 4.69) is 15.3 Å². The van der Waals surface area contributed by atoms with Crippen molar-refractivity contribution in [3.8, 4) is 5.75 Å². The first-order chi connectivity index (χ1) is 11.7. The number of carbonyl (C=O) groups excluding carboxylic acids is 1. The first kappa shape index (κ1) is 15.9. The zero-order chi connectivity index (χ0) is 16.9. The Morgan fingerprint density at radius 1 is 1.38 bits per heavy atom. The van der Waals surface area contributed by atoms with Gasteiger partial charge < -0.3 is 15.8 Å². The van der Waals surface area contributed by atoms with E-state index in [1.807, 2.05) is 23.6 Å². The summed E-state index contributed by atoms with van der Waals surface area (Å²) in [5.74, 6) is 0.505. The summed E-state index contributed by atoms with van der Waals surface area (Å²) in [4.78, 5) is 20.6. The molecule has 0 atom stereocenters. The second-order valence-corrected chi connectivity index (χ2v) is 5.35. The van der Waals surface area contributed by atoms with Crippen molar-refractivity contribution in [2.45, 2.75) is 13.5 Å². The van der Waals surface area contributed by atoms with E-state index in [-0.39, 0.29) is 5.91 Å². The summed E-state index contributed by atoms with van der Waals surface area (Å²) < 4.78 is 7.45. The summed E-state index contributed by atoms with van der Waals surface area (Å²) in [6.07, 6.45) is 6.89. The number of hydrogen-bond donors (Lipinski definition) is 2. The van der Waals surface area contributed by atoms with Gasteiger partial charge in [0.05, 0.1) is 24.6 Å². The van der Waals surface area contributed by atoms with Gasteiger partial charge >= 0.3 is 0 Å². The molecule has 2 heterocycles. The number of nitrogens with zero attached hydrogens (tertiary/aromatic N) is 3.